The summed E-state index contributed by atoms with van der Waals surface area (Å²) in [5.74, 6) is 1.05. The van der Waals surface area contributed by atoms with Crippen LogP contribution >= 0.6 is 0 Å². The standard InChI is InChI=1S/C12H17NO/c13-11-5-1-2-7-12-10(4-3-6-11)8-9-14-12/h1-2,4,7,11H,3,5-6,8-9,13H2/b2-1+,10-4+,12-7+. The molecule has 2 nitrogen and oxygen atoms in total. The Morgan fingerprint density at radius 1 is 1.43 bits per heavy atom. The van der Waals surface area contributed by atoms with Crippen LogP contribution in [0, 0.1) is 0 Å². The van der Waals surface area contributed by atoms with Gasteiger partial charge in [0.1, 0.15) is 5.76 Å². The number of hydrogen-bond donors (Lipinski definition) is 1. The van der Waals surface area contributed by atoms with Crippen LogP contribution in [0.5, 0.6) is 0 Å². The van der Waals surface area contributed by atoms with E-state index in [0.29, 0.717) is 6.04 Å². The summed E-state index contributed by atoms with van der Waals surface area (Å²) >= 11 is 0. The van der Waals surface area contributed by atoms with Crippen LogP contribution in [0.3, 0.4) is 0 Å². The molecule has 0 radical (unpaired) electrons. The number of rotatable bonds is 0. The van der Waals surface area contributed by atoms with Crippen molar-refractivity contribution < 1.29 is 4.74 Å². The molecule has 2 N–H and O–H groups in total. The smallest absolute Gasteiger partial charge is 0.122 e. The molecule has 0 spiro atoms. The molecule has 0 aromatic rings. The monoisotopic (exact) mass is 191 g/mol. The number of allylic oxidation sites excluding steroid dienone is 4. The zero-order chi connectivity index (χ0) is 9.80. The van der Waals surface area contributed by atoms with E-state index >= 15 is 0 Å². The molecule has 0 saturated carbocycles. The number of nitrogens with two attached hydrogens (primary N) is 1. The van der Waals surface area contributed by atoms with Gasteiger partial charge in [-0.15, -0.1) is 0 Å². The lowest BCUT2D eigenvalue weighted by atomic mass is 10.0. The van der Waals surface area contributed by atoms with Crippen LogP contribution in [0.25, 0.3) is 0 Å². The quantitative estimate of drug-likeness (QED) is 0.637. The first-order chi connectivity index (χ1) is 6.86. The van der Waals surface area contributed by atoms with Gasteiger partial charge in [-0.25, -0.2) is 0 Å². The van der Waals surface area contributed by atoms with Crippen molar-refractivity contribution in [3.8, 4) is 0 Å². The summed E-state index contributed by atoms with van der Waals surface area (Å²) in [6.45, 7) is 0.831. The maximum absolute atomic E-state index is 5.93. The highest BCUT2D eigenvalue weighted by atomic mass is 16.5. The normalized spacial score (nSPS) is 37.1. The second-order valence-electron chi connectivity index (χ2n) is 3.86. The largest absolute Gasteiger partial charge is 0.493 e. The van der Waals surface area contributed by atoms with E-state index in [1.54, 1.807) is 0 Å². The summed E-state index contributed by atoms with van der Waals surface area (Å²) in [6, 6.07) is 0.306. The highest BCUT2D eigenvalue weighted by molar-refractivity contribution is 5.32. The zero-order valence-corrected chi connectivity index (χ0v) is 8.41. The maximum Gasteiger partial charge on any atom is 0.122 e. The van der Waals surface area contributed by atoms with Gasteiger partial charge in [0, 0.05) is 12.5 Å². The van der Waals surface area contributed by atoms with Gasteiger partial charge < -0.3 is 10.5 Å². The Hall–Kier alpha value is -1.02. The average molecular weight is 191 g/mol. The van der Waals surface area contributed by atoms with Crippen molar-refractivity contribution >= 4 is 0 Å². The first-order valence-electron chi connectivity index (χ1n) is 5.31. The Morgan fingerprint density at radius 2 is 2.36 bits per heavy atom. The first-order valence-corrected chi connectivity index (χ1v) is 5.31. The zero-order valence-electron chi connectivity index (χ0n) is 8.41. The Morgan fingerprint density at radius 3 is 3.29 bits per heavy atom. The predicted octanol–water partition coefficient (Wildman–Crippen LogP) is 2.28. The van der Waals surface area contributed by atoms with Crippen LogP contribution in [0.15, 0.2) is 35.6 Å². The minimum atomic E-state index is 0.306. The molecule has 1 unspecified atom stereocenters. The van der Waals surface area contributed by atoms with Crippen molar-refractivity contribution in [3.63, 3.8) is 0 Å². The molecule has 0 bridgehead atoms. The Labute approximate surface area is 85.1 Å². The van der Waals surface area contributed by atoms with E-state index in [4.69, 9.17) is 10.5 Å². The molecule has 2 rings (SSSR count). The lowest BCUT2D eigenvalue weighted by molar-refractivity contribution is 0.265. The fourth-order valence-corrected chi connectivity index (χ4v) is 1.84. The number of hydrogen-bond acceptors (Lipinski definition) is 2. The number of ether oxygens (including phenoxy) is 1. The summed E-state index contributed by atoms with van der Waals surface area (Å²) < 4.78 is 5.53. The summed E-state index contributed by atoms with van der Waals surface area (Å²) in [4.78, 5) is 0. The second-order valence-corrected chi connectivity index (χ2v) is 3.86. The SMILES string of the molecule is NC1C/C=C/C=C2/OCC/C2=C\CC1. The van der Waals surface area contributed by atoms with Crippen molar-refractivity contribution in [3.05, 3.63) is 35.6 Å². The molecule has 76 valence electrons. The third kappa shape index (κ3) is 2.26. The molecular weight excluding hydrogens is 174 g/mol. The molecule has 1 fully saturated rings. The van der Waals surface area contributed by atoms with Crippen molar-refractivity contribution in [2.75, 3.05) is 6.61 Å². The van der Waals surface area contributed by atoms with Gasteiger partial charge in [0.15, 0.2) is 0 Å². The molecule has 0 aromatic carbocycles. The highest BCUT2D eigenvalue weighted by Gasteiger charge is 2.14. The van der Waals surface area contributed by atoms with Gasteiger partial charge in [-0.05, 0) is 30.9 Å². The summed E-state index contributed by atoms with van der Waals surface area (Å²) in [6.07, 6.45) is 12.7. The fraction of sp³-hybridized carbons (Fsp3) is 0.500. The van der Waals surface area contributed by atoms with Crippen LogP contribution in [0.1, 0.15) is 25.7 Å². The molecule has 1 saturated heterocycles. The third-order valence-corrected chi connectivity index (χ3v) is 2.70. The van der Waals surface area contributed by atoms with Crippen molar-refractivity contribution in [1.29, 1.82) is 0 Å². The molecule has 2 aliphatic rings. The predicted molar refractivity (Wildman–Crippen MR) is 57.7 cm³/mol. The van der Waals surface area contributed by atoms with E-state index in [2.05, 4.69) is 24.3 Å². The molecule has 1 heterocycles. The van der Waals surface area contributed by atoms with E-state index in [0.717, 1.165) is 38.0 Å². The third-order valence-electron chi connectivity index (χ3n) is 2.70. The summed E-state index contributed by atoms with van der Waals surface area (Å²) in [5, 5.41) is 0. The van der Waals surface area contributed by atoms with Crippen LogP contribution < -0.4 is 5.73 Å². The van der Waals surface area contributed by atoms with Crippen LogP contribution in [-0.4, -0.2) is 12.6 Å². The minimum Gasteiger partial charge on any atom is -0.493 e. The number of fused-ring (bicyclic) bond motifs is 1. The molecular formula is C12H17NO. The van der Waals surface area contributed by atoms with Gasteiger partial charge in [0.2, 0.25) is 0 Å². The van der Waals surface area contributed by atoms with Gasteiger partial charge in [0.05, 0.1) is 6.61 Å². The van der Waals surface area contributed by atoms with E-state index in [1.807, 2.05) is 0 Å². The summed E-state index contributed by atoms with van der Waals surface area (Å²) in [5.41, 5.74) is 7.28. The van der Waals surface area contributed by atoms with E-state index in [9.17, 15) is 0 Å². The Balaban J connectivity index is 2.16. The van der Waals surface area contributed by atoms with E-state index in [-0.39, 0.29) is 0 Å². The van der Waals surface area contributed by atoms with Crippen molar-refractivity contribution in [2.45, 2.75) is 31.7 Å². The molecule has 2 heteroatoms. The van der Waals surface area contributed by atoms with E-state index < -0.39 is 0 Å². The van der Waals surface area contributed by atoms with Gasteiger partial charge in [-0.1, -0.05) is 18.2 Å². The lowest BCUT2D eigenvalue weighted by Gasteiger charge is -2.08. The van der Waals surface area contributed by atoms with Crippen LogP contribution in [-0.2, 0) is 4.74 Å². The molecule has 1 aliphatic heterocycles. The molecule has 14 heavy (non-hydrogen) atoms. The van der Waals surface area contributed by atoms with Crippen LogP contribution in [0.4, 0.5) is 0 Å². The molecule has 0 amide bonds. The summed E-state index contributed by atoms with van der Waals surface area (Å²) in [7, 11) is 0. The van der Waals surface area contributed by atoms with E-state index in [1.165, 1.54) is 5.57 Å². The Bertz CT molecular complexity index is 289. The maximum atomic E-state index is 5.93. The molecule has 0 aromatic heterocycles. The van der Waals surface area contributed by atoms with Gasteiger partial charge in [0.25, 0.3) is 0 Å². The lowest BCUT2D eigenvalue weighted by Crippen LogP contribution is -2.18. The Kier molecular flexibility index (Phi) is 3.04. The molecule has 1 aliphatic carbocycles. The average Bonchev–Trinajstić information content (AvgIpc) is 2.61. The molecule has 1 atom stereocenters. The van der Waals surface area contributed by atoms with Crippen molar-refractivity contribution in [1.82, 2.24) is 0 Å². The van der Waals surface area contributed by atoms with Gasteiger partial charge in [-0.3, -0.25) is 0 Å². The van der Waals surface area contributed by atoms with Gasteiger partial charge >= 0.3 is 0 Å². The first kappa shape index (κ1) is 9.53. The fourth-order valence-electron chi connectivity index (χ4n) is 1.84. The highest BCUT2D eigenvalue weighted by Crippen LogP contribution is 2.25. The van der Waals surface area contributed by atoms with Gasteiger partial charge in [-0.2, -0.15) is 0 Å². The van der Waals surface area contributed by atoms with Crippen LogP contribution in [0.2, 0.25) is 0 Å². The second kappa shape index (κ2) is 4.47. The van der Waals surface area contributed by atoms with Crippen molar-refractivity contribution in [2.24, 2.45) is 5.73 Å². The topological polar surface area (TPSA) is 35.2 Å². The minimum absolute atomic E-state index is 0.306.